The summed E-state index contributed by atoms with van der Waals surface area (Å²) in [6.07, 6.45) is 2.41. The van der Waals surface area contributed by atoms with Gasteiger partial charge in [-0.3, -0.25) is 14.4 Å². The first-order valence-corrected chi connectivity index (χ1v) is 5.20. The lowest BCUT2D eigenvalue weighted by Crippen LogP contribution is -2.03. The minimum Gasteiger partial charge on any atom is -0.481 e. The van der Waals surface area contributed by atoms with E-state index in [0.717, 1.165) is 12.8 Å². The molecule has 16 heavy (non-hydrogen) atoms. The highest BCUT2D eigenvalue weighted by Gasteiger charge is 2.04. The fraction of sp³-hybridized carbons (Fsp3) is 0.727. The summed E-state index contributed by atoms with van der Waals surface area (Å²) in [4.78, 5) is 29.7. The molecule has 0 aromatic heterocycles. The maximum atomic E-state index is 10.1. The average molecular weight is 232 g/mol. The Labute approximate surface area is 95.8 Å². The molecule has 0 unspecified atom stereocenters. The predicted octanol–water partition coefficient (Wildman–Crippen LogP) is 1.99. The normalized spacial score (nSPS) is 10.8. The van der Waals surface area contributed by atoms with E-state index in [0.29, 0.717) is 12.3 Å². The zero-order valence-electron chi connectivity index (χ0n) is 10.3. The third-order valence-corrected chi connectivity index (χ3v) is 1.59. The molecule has 0 saturated heterocycles. The molecular weight excluding hydrogens is 212 g/mol. The van der Waals surface area contributed by atoms with Gasteiger partial charge in [0.1, 0.15) is 0 Å². The van der Waals surface area contributed by atoms with Gasteiger partial charge in [-0.05, 0) is 5.92 Å². The molecule has 0 bridgehead atoms. The van der Waals surface area contributed by atoms with Gasteiger partial charge in [-0.25, -0.2) is 0 Å². The van der Waals surface area contributed by atoms with Crippen LogP contribution in [-0.4, -0.2) is 23.0 Å². The zero-order chi connectivity index (χ0) is 13.1. The molecule has 0 aliphatic carbocycles. The van der Waals surface area contributed by atoms with Gasteiger partial charge in [0.15, 0.2) is 0 Å². The molecule has 0 rings (SSSR count). The van der Waals surface area contributed by atoms with Crippen molar-refractivity contribution < 1.29 is 24.2 Å². The Bertz CT molecular complexity index is 223. The summed E-state index contributed by atoms with van der Waals surface area (Å²) in [7, 11) is 0. The zero-order valence-corrected chi connectivity index (χ0v) is 10.3. The molecule has 0 aliphatic rings. The lowest BCUT2D eigenvalue weighted by atomic mass is 10.0. The van der Waals surface area contributed by atoms with Gasteiger partial charge >= 0.3 is 17.9 Å². The van der Waals surface area contributed by atoms with E-state index < -0.39 is 17.9 Å². The second kappa shape index (κ2) is 10.1. The summed E-state index contributed by atoms with van der Waals surface area (Å²) < 4.78 is 3.97. The van der Waals surface area contributed by atoms with Crippen molar-refractivity contribution in [2.45, 2.75) is 47.0 Å². The van der Waals surface area contributed by atoms with E-state index in [1.807, 2.05) is 6.92 Å². The van der Waals surface area contributed by atoms with Gasteiger partial charge in [-0.1, -0.05) is 26.7 Å². The van der Waals surface area contributed by atoms with Crippen molar-refractivity contribution in [3.05, 3.63) is 0 Å². The first-order chi connectivity index (χ1) is 7.29. The maximum absolute atomic E-state index is 10.1. The van der Waals surface area contributed by atoms with Crippen LogP contribution < -0.4 is 0 Å². The van der Waals surface area contributed by atoms with Crippen LogP contribution in [0.3, 0.4) is 0 Å². The Kier molecular flexibility index (Phi) is 10.8. The quantitative estimate of drug-likeness (QED) is 0.592. The molecule has 1 atom stereocenters. The number of carbonyl (C=O) groups is 3. The molecule has 0 fully saturated rings. The smallest absolute Gasteiger partial charge is 0.310 e. The van der Waals surface area contributed by atoms with E-state index in [1.54, 1.807) is 0 Å². The van der Waals surface area contributed by atoms with Crippen molar-refractivity contribution in [3.63, 3.8) is 0 Å². The molecule has 0 spiro atoms. The molecule has 0 aromatic carbocycles. The fourth-order valence-corrected chi connectivity index (χ4v) is 1.10. The summed E-state index contributed by atoms with van der Waals surface area (Å²) in [5.41, 5.74) is 0. The summed E-state index contributed by atoms with van der Waals surface area (Å²) in [5, 5.41) is 8.31. The van der Waals surface area contributed by atoms with Crippen molar-refractivity contribution in [2.75, 3.05) is 0 Å². The predicted molar refractivity (Wildman–Crippen MR) is 58.8 cm³/mol. The molecule has 5 nitrogen and oxygen atoms in total. The molecule has 5 heteroatoms. The fourth-order valence-electron chi connectivity index (χ4n) is 1.10. The highest BCUT2D eigenvalue weighted by molar-refractivity contribution is 5.82. The number of carboxylic acid groups (broad SMARTS) is 1. The minimum atomic E-state index is -0.684. The van der Waals surface area contributed by atoms with Gasteiger partial charge in [0, 0.05) is 20.3 Å². The number of ether oxygens (including phenoxy) is 1. The van der Waals surface area contributed by atoms with E-state index >= 15 is 0 Å². The second-order valence-electron chi connectivity index (χ2n) is 3.58. The van der Waals surface area contributed by atoms with Crippen molar-refractivity contribution in [1.82, 2.24) is 0 Å². The molecule has 0 heterocycles. The van der Waals surface area contributed by atoms with E-state index in [1.165, 1.54) is 13.8 Å². The van der Waals surface area contributed by atoms with Crippen LogP contribution in [0.1, 0.15) is 47.0 Å². The lowest BCUT2D eigenvalue weighted by Gasteiger charge is -2.03. The van der Waals surface area contributed by atoms with Gasteiger partial charge in [0.25, 0.3) is 0 Å². The van der Waals surface area contributed by atoms with Crippen LogP contribution in [0.5, 0.6) is 0 Å². The third kappa shape index (κ3) is 18.4. The van der Waals surface area contributed by atoms with Crippen LogP contribution >= 0.6 is 0 Å². The molecule has 1 N–H and O–H groups in total. The minimum absolute atomic E-state index is 0.313. The number of carboxylic acids is 1. The summed E-state index contributed by atoms with van der Waals surface area (Å²) in [6, 6.07) is 0. The Morgan fingerprint density at radius 3 is 1.81 bits per heavy atom. The molecule has 0 saturated carbocycles. The average Bonchev–Trinajstić information content (AvgIpc) is 2.00. The Morgan fingerprint density at radius 1 is 1.19 bits per heavy atom. The SMILES string of the molecule is CC(=O)OC(C)=O.CCC[C@@H](C)CC(=O)O. The molecule has 0 amide bonds. The molecule has 94 valence electrons. The van der Waals surface area contributed by atoms with Crippen molar-refractivity contribution in [2.24, 2.45) is 5.92 Å². The Morgan fingerprint density at radius 2 is 1.62 bits per heavy atom. The van der Waals surface area contributed by atoms with Crippen LogP contribution in [0.2, 0.25) is 0 Å². The molecule has 0 aromatic rings. The third-order valence-electron chi connectivity index (χ3n) is 1.59. The van der Waals surface area contributed by atoms with Crippen LogP contribution in [0.25, 0.3) is 0 Å². The van der Waals surface area contributed by atoms with Crippen LogP contribution in [-0.2, 0) is 19.1 Å². The first-order valence-electron chi connectivity index (χ1n) is 5.20. The van der Waals surface area contributed by atoms with Crippen LogP contribution in [0, 0.1) is 5.92 Å². The first kappa shape index (κ1) is 17.0. The van der Waals surface area contributed by atoms with E-state index in [2.05, 4.69) is 11.7 Å². The van der Waals surface area contributed by atoms with Gasteiger partial charge in [-0.2, -0.15) is 0 Å². The summed E-state index contributed by atoms with van der Waals surface area (Å²) >= 11 is 0. The van der Waals surface area contributed by atoms with Crippen molar-refractivity contribution in [1.29, 1.82) is 0 Å². The summed E-state index contributed by atoms with van der Waals surface area (Å²) in [6.45, 7) is 6.40. The van der Waals surface area contributed by atoms with Gasteiger partial charge in [0.2, 0.25) is 0 Å². The highest BCUT2D eigenvalue weighted by atomic mass is 16.6. The number of hydrogen-bond donors (Lipinski definition) is 1. The maximum Gasteiger partial charge on any atom is 0.310 e. The molecular formula is C11H20O5. The van der Waals surface area contributed by atoms with Crippen LogP contribution in [0.15, 0.2) is 0 Å². The van der Waals surface area contributed by atoms with Crippen molar-refractivity contribution >= 4 is 17.9 Å². The lowest BCUT2D eigenvalue weighted by molar-refractivity contribution is -0.156. The monoisotopic (exact) mass is 232 g/mol. The van der Waals surface area contributed by atoms with E-state index in [4.69, 9.17) is 5.11 Å². The standard InChI is InChI=1S/C7H14O2.C4H6O3/c1-3-4-6(2)5-7(8)9;1-3(5)7-4(2)6/h6H,3-5H2,1-2H3,(H,8,9);1-2H3/t6-;/m1./s1. The Hall–Kier alpha value is -1.39. The topological polar surface area (TPSA) is 80.7 Å². The number of rotatable bonds is 4. The largest absolute Gasteiger partial charge is 0.481 e. The van der Waals surface area contributed by atoms with Crippen LogP contribution in [0.4, 0.5) is 0 Å². The van der Waals surface area contributed by atoms with E-state index in [-0.39, 0.29) is 0 Å². The molecule has 0 radical (unpaired) electrons. The Balaban J connectivity index is 0. The van der Waals surface area contributed by atoms with Gasteiger partial charge in [0.05, 0.1) is 0 Å². The van der Waals surface area contributed by atoms with E-state index in [9.17, 15) is 14.4 Å². The number of carbonyl (C=O) groups excluding carboxylic acids is 2. The number of esters is 2. The molecule has 0 aliphatic heterocycles. The number of aliphatic carboxylic acids is 1. The second-order valence-corrected chi connectivity index (χ2v) is 3.58. The van der Waals surface area contributed by atoms with Gasteiger partial charge in [-0.15, -0.1) is 0 Å². The van der Waals surface area contributed by atoms with Crippen molar-refractivity contribution in [3.8, 4) is 0 Å². The number of hydrogen-bond acceptors (Lipinski definition) is 4. The summed E-state index contributed by atoms with van der Waals surface area (Å²) in [5.74, 6) is -1.47. The van der Waals surface area contributed by atoms with Gasteiger partial charge < -0.3 is 9.84 Å². The highest BCUT2D eigenvalue weighted by Crippen LogP contribution is 2.08.